The molecule has 7 heteroatoms. The van der Waals surface area contributed by atoms with Gasteiger partial charge in [0.05, 0.1) is 0 Å². The molecule has 0 aliphatic rings. The number of carbonyl (C=O) groups is 2. The first-order valence-electron chi connectivity index (χ1n) is 10.1. The Morgan fingerprint density at radius 3 is 1.71 bits per heavy atom. The lowest BCUT2D eigenvalue weighted by Gasteiger charge is -2.26. The Balaban J connectivity index is 2.01. The molecule has 0 fully saturated rings. The molecule has 0 aliphatic carbocycles. The molecule has 0 aromatic heterocycles. The largest absolute Gasteiger partial charge is 0.477 e. The molecule has 0 saturated carbocycles. The summed E-state index contributed by atoms with van der Waals surface area (Å²) >= 11 is 0. The second-order valence-corrected chi connectivity index (χ2v) is 7.16. The Bertz CT molecular complexity index is 1330. The average molecular weight is 449 g/mol. The molecular weight excluding hydrogens is 430 g/mol. The second-order valence-electron chi connectivity index (χ2n) is 7.16. The molecule has 0 saturated heterocycles. The molecule has 0 radical (unpaired) electrons. The molecule has 0 bridgehead atoms. The number of hydrogen-bond donors (Lipinski definition) is 1. The number of rotatable bonds is 8. The number of hydrogen-bond acceptors (Lipinski definition) is 6. The molecule has 3 aromatic carbocycles. The Labute approximate surface area is 196 Å². The van der Waals surface area contributed by atoms with Gasteiger partial charge < -0.3 is 14.7 Å². The highest BCUT2D eigenvalue weighted by atomic mass is 16.5. The van der Waals surface area contributed by atoms with Crippen LogP contribution in [0, 0.1) is 29.6 Å². The lowest BCUT2D eigenvalue weighted by Crippen LogP contribution is -2.09. The zero-order chi connectivity index (χ0) is 24.5. The molecule has 3 rings (SSSR count). The quantitative estimate of drug-likeness (QED) is 0.209. The maximum Gasteiger partial charge on any atom is 0.346 e. The van der Waals surface area contributed by atoms with E-state index in [9.17, 15) is 9.59 Å². The Hall–Kier alpha value is -5.14. The number of nitrogens with zero attached hydrogens (tertiary/aromatic N) is 3. The zero-order valence-electron chi connectivity index (χ0n) is 18.2. The van der Waals surface area contributed by atoms with Gasteiger partial charge in [-0.05, 0) is 66.6 Å². The van der Waals surface area contributed by atoms with E-state index >= 15 is 0 Å². The van der Waals surface area contributed by atoms with Gasteiger partial charge in [-0.2, -0.15) is 10.5 Å². The van der Waals surface area contributed by atoms with Crippen LogP contribution in [-0.2, 0) is 14.3 Å². The van der Waals surface area contributed by atoms with Crippen molar-refractivity contribution in [2.24, 2.45) is 0 Å². The predicted octanol–water partition coefficient (Wildman–Crippen LogP) is 5.49. The molecule has 0 unspecified atom stereocenters. The highest BCUT2D eigenvalue weighted by molar-refractivity contribution is 5.96. The normalized spacial score (nSPS) is 11.1. The van der Waals surface area contributed by atoms with Gasteiger partial charge in [-0.25, -0.2) is 4.79 Å². The van der Waals surface area contributed by atoms with Crippen LogP contribution in [0.15, 0.2) is 84.1 Å². The van der Waals surface area contributed by atoms with E-state index < -0.39 is 5.97 Å². The minimum Gasteiger partial charge on any atom is -0.477 e. The third kappa shape index (κ3) is 5.76. The van der Waals surface area contributed by atoms with Gasteiger partial charge >= 0.3 is 5.97 Å². The van der Waals surface area contributed by atoms with Gasteiger partial charge in [-0.15, -0.1) is 0 Å². The average Bonchev–Trinajstić information content (AvgIpc) is 2.85. The third-order valence-electron chi connectivity index (χ3n) is 4.84. The summed E-state index contributed by atoms with van der Waals surface area (Å²) in [6.45, 7) is 2.21. The van der Waals surface area contributed by atoms with Crippen molar-refractivity contribution in [2.75, 3.05) is 4.90 Å². The van der Waals surface area contributed by atoms with Gasteiger partial charge in [0, 0.05) is 17.1 Å². The summed E-state index contributed by atoms with van der Waals surface area (Å²) in [6.07, 6.45) is 2.78. The molecule has 7 nitrogen and oxygen atoms in total. The Kier molecular flexibility index (Phi) is 7.57. The van der Waals surface area contributed by atoms with E-state index in [1.165, 1.54) is 12.2 Å². The molecule has 0 atom stereocenters. The molecule has 0 heterocycles. The van der Waals surface area contributed by atoms with Crippen molar-refractivity contribution in [3.63, 3.8) is 0 Å². The van der Waals surface area contributed by atoms with E-state index in [-0.39, 0.29) is 17.8 Å². The van der Waals surface area contributed by atoms with Crippen molar-refractivity contribution >= 4 is 41.7 Å². The van der Waals surface area contributed by atoms with Crippen molar-refractivity contribution in [3.05, 3.63) is 101 Å². The van der Waals surface area contributed by atoms with Gasteiger partial charge in [0.1, 0.15) is 17.7 Å². The van der Waals surface area contributed by atoms with Crippen LogP contribution in [0.2, 0.25) is 0 Å². The van der Waals surface area contributed by atoms with Gasteiger partial charge in [0.2, 0.25) is 5.76 Å². The van der Waals surface area contributed by atoms with E-state index in [1.54, 1.807) is 30.3 Å². The summed E-state index contributed by atoms with van der Waals surface area (Å²) in [5, 5.41) is 27.1. The number of carboxylic acid groups (broad SMARTS) is 1. The number of carbonyl (C=O) groups excluding carboxylic acids is 1. The summed E-state index contributed by atoms with van der Waals surface area (Å²) < 4.78 is 4.63. The molecule has 3 aromatic rings. The first kappa shape index (κ1) is 23.5. The standard InChI is InChI=1S/C27H19N3O4/c1-19-2-8-23(9-3-19)30(24-10-4-20(5-11-24)14-22(16-28)27(32)33)25-12-6-21(7-13-25)15-26(17-29)34-18-31/h2-15,18H,1H3,(H,32,33)/b22-14+,26-15+. The Morgan fingerprint density at radius 2 is 1.29 bits per heavy atom. The number of anilines is 3. The van der Waals surface area contributed by atoms with Crippen LogP contribution in [0.5, 0.6) is 0 Å². The summed E-state index contributed by atoms with van der Waals surface area (Å²) in [4.78, 5) is 23.6. The summed E-state index contributed by atoms with van der Waals surface area (Å²) in [5.41, 5.74) is 4.60. The van der Waals surface area contributed by atoms with Crippen LogP contribution in [0.25, 0.3) is 12.2 Å². The van der Waals surface area contributed by atoms with Gasteiger partial charge in [-0.3, -0.25) is 4.79 Å². The maximum absolute atomic E-state index is 11.1. The topological polar surface area (TPSA) is 114 Å². The molecule has 1 N–H and O–H groups in total. The van der Waals surface area contributed by atoms with Gasteiger partial charge in [0.25, 0.3) is 6.47 Å². The van der Waals surface area contributed by atoms with E-state index in [1.807, 2.05) is 66.4 Å². The number of aliphatic carboxylic acids is 1. The van der Waals surface area contributed by atoms with Gasteiger partial charge in [0.15, 0.2) is 0 Å². The number of aryl methyl sites for hydroxylation is 1. The molecule has 0 aliphatic heterocycles. The predicted molar refractivity (Wildman–Crippen MR) is 128 cm³/mol. The van der Waals surface area contributed by atoms with E-state index in [4.69, 9.17) is 15.6 Å². The second kappa shape index (κ2) is 10.9. The fourth-order valence-electron chi connectivity index (χ4n) is 3.18. The minimum absolute atomic E-state index is 0.111. The number of allylic oxidation sites excluding steroid dienone is 1. The van der Waals surface area contributed by atoms with Crippen LogP contribution in [0.3, 0.4) is 0 Å². The summed E-state index contributed by atoms with van der Waals surface area (Å²) in [5.74, 6) is -1.39. The van der Waals surface area contributed by atoms with Crippen LogP contribution < -0.4 is 4.90 Å². The van der Waals surface area contributed by atoms with Crippen LogP contribution in [0.1, 0.15) is 16.7 Å². The van der Waals surface area contributed by atoms with Crippen molar-refractivity contribution < 1.29 is 19.4 Å². The van der Waals surface area contributed by atoms with Crippen molar-refractivity contribution in [1.29, 1.82) is 10.5 Å². The first-order valence-corrected chi connectivity index (χ1v) is 10.1. The first-order chi connectivity index (χ1) is 16.4. The highest BCUT2D eigenvalue weighted by Crippen LogP contribution is 2.35. The van der Waals surface area contributed by atoms with E-state index in [0.29, 0.717) is 11.1 Å². The van der Waals surface area contributed by atoms with Crippen molar-refractivity contribution in [2.45, 2.75) is 6.92 Å². The highest BCUT2D eigenvalue weighted by Gasteiger charge is 2.13. The molecule has 0 spiro atoms. The monoisotopic (exact) mass is 449 g/mol. The lowest BCUT2D eigenvalue weighted by molar-refractivity contribution is -0.132. The molecular formula is C27H19N3O4. The maximum atomic E-state index is 11.1. The molecule has 34 heavy (non-hydrogen) atoms. The molecule has 0 amide bonds. The van der Waals surface area contributed by atoms with Crippen LogP contribution in [0.4, 0.5) is 17.1 Å². The van der Waals surface area contributed by atoms with E-state index in [2.05, 4.69) is 4.74 Å². The number of ether oxygens (including phenoxy) is 1. The summed E-state index contributed by atoms with van der Waals surface area (Å²) in [6, 6.07) is 25.9. The smallest absolute Gasteiger partial charge is 0.346 e. The minimum atomic E-state index is -1.28. The Morgan fingerprint density at radius 1 is 0.824 bits per heavy atom. The van der Waals surface area contributed by atoms with E-state index in [0.717, 1.165) is 22.6 Å². The zero-order valence-corrected chi connectivity index (χ0v) is 18.2. The van der Waals surface area contributed by atoms with Crippen molar-refractivity contribution in [3.8, 4) is 12.1 Å². The third-order valence-corrected chi connectivity index (χ3v) is 4.84. The summed E-state index contributed by atoms with van der Waals surface area (Å²) in [7, 11) is 0. The fourth-order valence-corrected chi connectivity index (χ4v) is 3.18. The SMILES string of the molecule is Cc1ccc(N(c2ccc(/C=C(\C#N)OC=O)cc2)c2ccc(/C=C(\C#N)C(=O)O)cc2)cc1. The number of carboxylic acids is 1. The van der Waals surface area contributed by atoms with Crippen LogP contribution in [-0.4, -0.2) is 17.5 Å². The van der Waals surface area contributed by atoms with Crippen molar-refractivity contribution in [1.82, 2.24) is 0 Å². The number of nitriles is 2. The van der Waals surface area contributed by atoms with Crippen LogP contribution >= 0.6 is 0 Å². The van der Waals surface area contributed by atoms with Gasteiger partial charge in [-0.1, -0.05) is 42.0 Å². The molecule has 166 valence electrons. The number of benzene rings is 3. The lowest BCUT2D eigenvalue weighted by atomic mass is 10.1. The fraction of sp³-hybridized carbons (Fsp3) is 0.0370.